The topological polar surface area (TPSA) is 26.3 Å². The summed E-state index contributed by atoms with van der Waals surface area (Å²) in [5.74, 6) is -0.977. The van der Waals surface area contributed by atoms with Crippen molar-refractivity contribution in [1.29, 1.82) is 0 Å². The lowest BCUT2D eigenvalue weighted by Crippen LogP contribution is -2.04. The first-order chi connectivity index (χ1) is 6.60. The molecule has 0 heterocycles. The lowest BCUT2D eigenvalue weighted by atomic mass is 10.1. The minimum absolute atomic E-state index is 0.127. The third kappa shape index (κ3) is 2.25. The van der Waals surface area contributed by atoms with Crippen molar-refractivity contribution in [2.45, 2.75) is 5.88 Å². The van der Waals surface area contributed by atoms with Crippen LogP contribution < -0.4 is 0 Å². The summed E-state index contributed by atoms with van der Waals surface area (Å²) in [6.07, 6.45) is 0. The van der Waals surface area contributed by atoms with Gasteiger partial charge in [0, 0.05) is 10.4 Å². The van der Waals surface area contributed by atoms with Gasteiger partial charge in [-0.15, -0.1) is 11.6 Å². The zero-order valence-corrected chi connectivity index (χ0v) is 9.65. The summed E-state index contributed by atoms with van der Waals surface area (Å²) < 4.78 is 18.0. The van der Waals surface area contributed by atoms with Crippen molar-refractivity contribution in [2.75, 3.05) is 7.11 Å². The third-order valence-electron chi connectivity index (χ3n) is 1.66. The van der Waals surface area contributed by atoms with Gasteiger partial charge < -0.3 is 4.74 Å². The Hall–Kier alpha value is -0.610. The number of halogens is 3. The highest BCUT2D eigenvalue weighted by molar-refractivity contribution is 9.10. The van der Waals surface area contributed by atoms with E-state index in [0.717, 1.165) is 6.07 Å². The molecule has 1 aromatic carbocycles. The monoisotopic (exact) mass is 280 g/mol. The van der Waals surface area contributed by atoms with Gasteiger partial charge in [-0.25, -0.2) is 9.18 Å². The first-order valence-electron chi connectivity index (χ1n) is 3.72. The Morgan fingerprint density at radius 2 is 2.29 bits per heavy atom. The Morgan fingerprint density at radius 3 is 2.79 bits per heavy atom. The van der Waals surface area contributed by atoms with Gasteiger partial charge in [0.05, 0.1) is 12.7 Å². The van der Waals surface area contributed by atoms with Crippen molar-refractivity contribution in [2.24, 2.45) is 0 Å². The molecule has 1 rings (SSSR count). The molecule has 0 aromatic heterocycles. The van der Waals surface area contributed by atoms with Crippen LogP contribution in [0.1, 0.15) is 15.9 Å². The second-order valence-electron chi connectivity index (χ2n) is 2.55. The van der Waals surface area contributed by atoms with Gasteiger partial charge in [0.25, 0.3) is 0 Å². The van der Waals surface area contributed by atoms with E-state index in [9.17, 15) is 9.18 Å². The van der Waals surface area contributed by atoms with Gasteiger partial charge in [-0.3, -0.25) is 0 Å². The summed E-state index contributed by atoms with van der Waals surface area (Å²) in [4.78, 5) is 11.2. The Labute approximate surface area is 94.1 Å². The Kier molecular flexibility index (Phi) is 3.89. The molecular weight excluding hydrogens is 274 g/mol. The molecule has 0 atom stereocenters. The molecule has 0 amide bonds. The van der Waals surface area contributed by atoms with Gasteiger partial charge in [-0.2, -0.15) is 0 Å². The van der Waals surface area contributed by atoms with E-state index >= 15 is 0 Å². The van der Waals surface area contributed by atoms with Crippen LogP contribution in [-0.4, -0.2) is 13.1 Å². The van der Waals surface area contributed by atoms with Crippen molar-refractivity contribution in [3.63, 3.8) is 0 Å². The van der Waals surface area contributed by atoms with Gasteiger partial charge in [0.15, 0.2) is 0 Å². The molecule has 0 spiro atoms. The number of esters is 1. The Bertz CT molecular complexity index is 368. The maximum atomic E-state index is 13.0. The van der Waals surface area contributed by atoms with Crippen LogP contribution in [0.4, 0.5) is 4.39 Å². The third-order valence-corrected chi connectivity index (χ3v) is 2.89. The number of ether oxygens (including phenoxy) is 1. The lowest BCUT2D eigenvalue weighted by molar-refractivity contribution is 0.0599. The number of alkyl halides is 1. The van der Waals surface area contributed by atoms with E-state index in [0.29, 0.717) is 10.0 Å². The van der Waals surface area contributed by atoms with Crippen LogP contribution in [0, 0.1) is 5.82 Å². The van der Waals surface area contributed by atoms with Gasteiger partial charge in [0.2, 0.25) is 0 Å². The normalized spacial score (nSPS) is 10.0. The van der Waals surface area contributed by atoms with Crippen LogP contribution >= 0.6 is 27.5 Å². The van der Waals surface area contributed by atoms with E-state index < -0.39 is 11.8 Å². The molecule has 0 fully saturated rings. The Balaban J connectivity index is 3.29. The maximum absolute atomic E-state index is 13.0. The lowest BCUT2D eigenvalue weighted by Gasteiger charge is -2.06. The number of carbonyl (C=O) groups excluding carboxylic acids is 1. The van der Waals surface area contributed by atoms with Crippen molar-refractivity contribution in [3.8, 4) is 0 Å². The number of hydrogen-bond acceptors (Lipinski definition) is 2. The van der Waals surface area contributed by atoms with Crippen LogP contribution in [0.2, 0.25) is 0 Å². The summed E-state index contributed by atoms with van der Waals surface area (Å²) in [5.41, 5.74) is 0.662. The number of benzene rings is 1. The smallest absolute Gasteiger partial charge is 0.339 e. The summed E-state index contributed by atoms with van der Waals surface area (Å²) in [6.45, 7) is 0. The van der Waals surface area contributed by atoms with Gasteiger partial charge in [-0.1, -0.05) is 0 Å². The molecule has 0 saturated heterocycles. The predicted octanol–water partition coefficient (Wildman–Crippen LogP) is 3.11. The van der Waals surface area contributed by atoms with Crippen LogP contribution in [0.15, 0.2) is 16.6 Å². The molecule has 0 bridgehead atoms. The molecule has 0 N–H and O–H groups in total. The summed E-state index contributed by atoms with van der Waals surface area (Å²) in [6, 6.07) is 2.37. The van der Waals surface area contributed by atoms with E-state index in [1.54, 1.807) is 0 Å². The van der Waals surface area contributed by atoms with E-state index in [2.05, 4.69) is 20.7 Å². The zero-order valence-electron chi connectivity index (χ0n) is 7.31. The molecule has 0 saturated carbocycles. The van der Waals surface area contributed by atoms with Crippen LogP contribution in [0.5, 0.6) is 0 Å². The maximum Gasteiger partial charge on any atom is 0.339 e. The quantitative estimate of drug-likeness (QED) is 0.615. The fourth-order valence-corrected chi connectivity index (χ4v) is 1.90. The molecule has 0 radical (unpaired) electrons. The minimum Gasteiger partial charge on any atom is -0.465 e. The predicted molar refractivity (Wildman–Crippen MR) is 55.0 cm³/mol. The standard InChI is InChI=1S/C9H7BrClFO2/c1-14-9(13)7-3-6(12)2-5(4-11)8(7)10/h2-3H,4H2,1H3. The van der Waals surface area contributed by atoms with Crippen molar-refractivity contribution in [3.05, 3.63) is 33.5 Å². The van der Waals surface area contributed by atoms with E-state index in [-0.39, 0.29) is 11.4 Å². The first-order valence-corrected chi connectivity index (χ1v) is 5.05. The van der Waals surface area contributed by atoms with Crippen LogP contribution in [0.3, 0.4) is 0 Å². The number of hydrogen-bond donors (Lipinski definition) is 0. The van der Waals surface area contributed by atoms with Gasteiger partial charge in [-0.05, 0) is 33.6 Å². The molecule has 14 heavy (non-hydrogen) atoms. The molecule has 0 aliphatic rings. The van der Waals surface area contributed by atoms with Crippen molar-refractivity contribution in [1.82, 2.24) is 0 Å². The zero-order chi connectivity index (χ0) is 10.7. The highest BCUT2D eigenvalue weighted by Crippen LogP contribution is 2.25. The summed E-state index contributed by atoms with van der Waals surface area (Å²) in [7, 11) is 1.24. The number of rotatable bonds is 2. The Morgan fingerprint density at radius 1 is 1.64 bits per heavy atom. The molecule has 0 aliphatic heterocycles. The second-order valence-corrected chi connectivity index (χ2v) is 3.61. The van der Waals surface area contributed by atoms with E-state index in [1.165, 1.54) is 13.2 Å². The summed E-state index contributed by atoms with van der Waals surface area (Å²) in [5, 5.41) is 0. The number of methoxy groups -OCH3 is 1. The van der Waals surface area contributed by atoms with E-state index in [4.69, 9.17) is 11.6 Å². The van der Waals surface area contributed by atoms with E-state index in [1.807, 2.05) is 0 Å². The molecule has 2 nitrogen and oxygen atoms in total. The molecular formula is C9H7BrClFO2. The first kappa shape index (κ1) is 11.5. The molecule has 0 unspecified atom stereocenters. The van der Waals surface area contributed by atoms with Gasteiger partial charge >= 0.3 is 5.97 Å². The molecule has 76 valence electrons. The summed E-state index contributed by atoms with van der Waals surface area (Å²) >= 11 is 8.74. The largest absolute Gasteiger partial charge is 0.465 e. The molecule has 1 aromatic rings. The van der Waals surface area contributed by atoms with Gasteiger partial charge in [0.1, 0.15) is 5.82 Å². The average Bonchev–Trinajstić information content (AvgIpc) is 2.19. The average molecular weight is 282 g/mol. The van der Waals surface area contributed by atoms with Crippen molar-refractivity contribution < 1.29 is 13.9 Å². The number of carbonyl (C=O) groups is 1. The van der Waals surface area contributed by atoms with Crippen LogP contribution in [0.25, 0.3) is 0 Å². The fourth-order valence-electron chi connectivity index (χ4n) is 1.00. The SMILES string of the molecule is COC(=O)c1cc(F)cc(CCl)c1Br. The highest BCUT2D eigenvalue weighted by Gasteiger charge is 2.15. The minimum atomic E-state index is -0.595. The fraction of sp³-hybridized carbons (Fsp3) is 0.222. The highest BCUT2D eigenvalue weighted by atomic mass is 79.9. The molecule has 5 heteroatoms. The van der Waals surface area contributed by atoms with Crippen molar-refractivity contribution >= 4 is 33.5 Å². The second kappa shape index (κ2) is 4.75. The molecule has 0 aliphatic carbocycles. The van der Waals surface area contributed by atoms with Crippen LogP contribution in [-0.2, 0) is 10.6 Å².